The molecule has 1 amide bonds. The summed E-state index contributed by atoms with van der Waals surface area (Å²) in [5, 5.41) is 22.7. The van der Waals surface area contributed by atoms with E-state index in [0.717, 1.165) is 28.7 Å². The Morgan fingerprint density at radius 3 is 2.30 bits per heavy atom. The Hall–Kier alpha value is -4.27. The highest BCUT2D eigenvalue weighted by atomic mass is 19.1. The zero-order chi connectivity index (χ0) is 26.0. The van der Waals surface area contributed by atoms with Gasteiger partial charge < -0.3 is 10.4 Å². The summed E-state index contributed by atoms with van der Waals surface area (Å²) in [6.07, 6.45) is 1.93. The number of rotatable bonds is 10. The van der Waals surface area contributed by atoms with Gasteiger partial charge in [0, 0.05) is 24.1 Å². The smallest absolute Gasteiger partial charge is 0.251 e. The van der Waals surface area contributed by atoms with Crippen molar-refractivity contribution in [2.24, 2.45) is 5.92 Å². The summed E-state index contributed by atoms with van der Waals surface area (Å²) in [7, 11) is 0. The highest BCUT2D eigenvalue weighted by molar-refractivity contribution is 5.94. The fourth-order valence-corrected chi connectivity index (χ4v) is 4.53. The Kier molecular flexibility index (Phi) is 8.80. The van der Waals surface area contributed by atoms with Crippen LogP contribution in [-0.4, -0.2) is 23.7 Å². The SMILES string of the molecule is N#Cc1cccc(CC(CO)C(CCc2ccccc2)NC(=O)c2ccc(-c3cccc(F)c3)cc2)c1. The van der Waals surface area contributed by atoms with Crippen LogP contribution in [-0.2, 0) is 12.8 Å². The molecule has 2 unspecified atom stereocenters. The van der Waals surface area contributed by atoms with Crippen LogP contribution in [0.25, 0.3) is 11.1 Å². The fourth-order valence-electron chi connectivity index (χ4n) is 4.53. The third kappa shape index (κ3) is 7.13. The lowest BCUT2D eigenvalue weighted by Crippen LogP contribution is -2.43. The fraction of sp³-hybridized carbons (Fsp3) is 0.188. The molecule has 0 aromatic heterocycles. The van der Waals surface area contributed by atoms with Gasteiger partial charge in [-0.05, 0) is 77.9 Å². The monoisotopic (exact) mass is 492 g/mol. The summed E-state index contributed by atoms with van der Waals surface area (Å²) in [4.78, 5) is 13.2. The van der Waals surface area contributed by atoms with E-state index in [1.54, 1.807) is 36.4 Å². The van der Waals surface area contributed by atoms with E-state index in [2.05, 4.69) is 11.4 Å². The average Bonchev–Trinajstić information content (AvgIpc) is 2.94. The Labute approximate surface area is 217 Å². The molecule has 186 valence electrons. The van der Waals surface area contributed by atoms with Crippen molar-refractivity contribution in [3.63, 3.8) is 0 Å². The van der Waals surface area contributed by atoms with E-state index >= 15 is 0 Å². The Balaban J connectivity index is 1.52. The molecule has 2 N–H and O–H groups in total. The second kappa shape index (κ2) is 12.6. The lowest BCUT2D eigenvalue weighted by molar-refractivity contribution is 0.0898. The topological polar surface area (TPSA) is 73.1 Å². The number of aliphatic hydroxyl groups excluding tert-OH is 1. The number of benzene rings is 4. The standard InChI is InChI=1S/C32H29FN2O2/c33-30-11-5-10-28(20-30)26-13-15-27(16-14-26)32(37)35-31(17-12-23-6-2-1-3-7-23)29(22-36)19-24-8-4-9-25(18-24)21-34/h1-11,13-16,18,20,29,31,36H,12,17,19,22H2,(H,35,37). The molecule has 0 saturated carbocycles. The summed E-state index contributed by atoms with van der Waals surface area (Å²) < 4.78 is 13.6. The van der Waals surface area contributed by atoms with Gasteiger partial charge in [0.15, 0.2) is 0 Å². The van der Waals surface area contributed by atoms with Crippen LogP contribution in [0.5, 0.6) is 0 Å². The van der Waals surface area contributed by atoms with Gasteiger partial charge in [0.2, 0.25) is 0 Å². The van der Waals surface area contributed by atoms with E-state index in [9.17, 15) is 19.6 Å². The van der Waals surface area contributed by atoms with Gasteiger partial charge in [-0.15, -0.1) is 0 Å². The number of aliphatic hydroxyl groups is 1. The molecule has 5 heteroatoms. The van der Waals surface area contributed by atoms with Crippen LogP contribution >= 0.6 is 0 Å². The predicted molar refractivity (Wildman–Crippen MR) is 143 cm³/mol. The van der Waals surface area contributed by atoms with Crippen molar-refractivity contribution in [1.29, 1.82) is 5.26 Å². The van der Waals surface area contributed by atoms with E-state index in [1.165, 1.54) is 12.1 Å². The number of carbonyl (C=O) groups excluding carboxylic acids is 1. The highest BCUT2D eigenvalue weighted by Crippen LogP contribution is 2.22. The van der Waals surface area contributed by atoms with Crippen LogP contribution in [0.4, 0.5) is 4.39 Å². The molecule has 4 aromatic rings. The first kappa shape index (κ1) is 25.8. The number of amides is 1. The molecule has 0 aliphatic heterocycles. The van der Waals surface area contributed by atoms with Crippen molar-refractivity contribution in [3.05, 3.63) is 131 Å². The second-order valence-electron chi connectivity index (χ2n) is 9.15. The van der Waals surface area contributed by atoms with Crippen LogP contribution < -0.4 is 5.32 Å². The average molecular weight is 493 g/mol. The van der Waals surface area contributed by atoms with Crippen molar-refractivity contribution in [3.8, 4) is 17.2 Å². The largest absolute Gasteiger partial charge is 0.396 e. The molecule has 0 aliphatic rings. The van der Waals surface area contributed by atoms with Crippen LogP contribution in [0.1, 0.15) is 33.5 Å². The molecule has 0 radical (unpaired) electrons. The molecule has 4 nitrogen and oxygen atoms in total. The summed E-state index contributed by atoms with van der Waals surface area (Å²) in [6, 6.07) is 32.7. The summed E-state index contributed by atoms with van der Waals surface area (Å²) in [5.74, 6) is -0.766. The minimum absolute atomic E-state index is 0.102. The summed E-state index contributed by atoms with van der Waals surface area (Å²) in [6.45, 7) is -0.102. The van der Waals surface area contributed by atoms with Gasteiger partial charge >= 0.3 is 0 Å². The van der Waals surface area contributed by atoms with Crippen molar-refractivity contribution >= 4 is 5.91 Å². The van der Waals surface area contributed by atoms with Gasteiger partial charge in [0.1, 0.15) is 5.82 Å². The zero-order valence-electron chi connectivity index (χ0n) is 20.5. The number of halogens is 1. The third-order valence-corrected chi connectivity index (χ3v) is 6.57. The minimum atomic E-state index is -0.309. The van der Waals surface area contributed by atoms with Gasteiger partial charge in [-0.2, -0.15) is 5.26 Å². The minimum Gasteiger partial charge on any atom is -0.396 e. The van der Waals surface area contributed by atoms with Crippen LogP contribution in [0.15, 0.2) is 103 Å². The molecule has 4 aromatic carbocycles. The number of nitrogens with one attached hydrogen (secondary N) is 1. The zero-order valence-corrected chi connectivity index (χ0v) is 20.5. The molecule has 37 heavy (non-hydrogen) atoms. The van der Waals surface area contributed by atoms with Gasteiger partial charge in [0.25, 0.3) is 5.91 Å². The van der Waals surface area contributed by atoms with Gasteiger partial charge in [-0.3, -0.25) is 4.79 Å². The Bertz CT molecular complexity index is 1360. The molecule has 0 saturated heterocycles. The Morgan fingerprint density at radius 1 is 0.865 bits per heavy atom. The number of nitriles is 1. The van der Waals surface area contributed by atoms with Crippen molar-refractivity contribution in [1.82, 2.24) is 5.32 Å². The second-order valence-corrected chi connectivity index (χ2v) is 9.15. The summed E-state index contributed by atoms with van der Waals surface area (Å²) >= 11 is 0. The number of hydrogen-bond acceptors (Lipinski definition) is 3. The summed E-state index contributed by atoms with van der Waals surface area (Å²) in [5.41, 5.74) is 4.72. The first-order chi connectivity index (χ1) is 18.1. The molecule has 0 aliphatic carbocycles. The van der Waals surface area contributed by atoms with Crippen molar-refractivity contribution in [2.45, 2.75) is 25.3 Å². The first-order valence-corrected chi connectivity index (χ1v) is 12.4. The quantitative estimate of drug-likeness (QED) is 0.287. The Morgan fingerprint density at radius 2 is 1.59 bits per heavy atom. The lowest BCUT2D eigenvalue weighted by atomic mass is 9.88. The molecule has 4 rings (SSSR count). The lowest BCUT2D eigenvalue weighted by Gasteiger charge is -2.27. The number of hydrogen-bond donors (Lipinski definition) is 2. The number of nitrogens with zero attached hydrogens (tertiary/aromatic N) is 1. The highest BCUT2D eigenvalue weighted by Gasteiger charge is 2.24. The van der Waals surface area contributed by atoms with Crippen LogP contribution in [0.2, 0.25) is 0 Å². The van der Waals surface area contributed by atoms with Gasteiger partial charge in [-0.25, -0.2) is 4.39 Å². The number of carbonyl (C=O) groups is 1. The number of aryl methyl sites for hydroxylation is 1. The first-order valence-electron chi connectivity index (χ1n) is 12.4. The van der Waals surface area contributed by atoms with E-state index in [1.807, 2.05) is 54.6 Å². The van der Waals surface area contributed by atoms with E-state index in [0.29, 0.717) is 24.0 Å². The maximum absolute atomic E-state index is 13.6. The van der Waals surface area contributed by atoms with Crippen LogP contribution in [0.3, 0.4) is 0 Å². The normalized spacial score (nSPS) is 12.4. The van der Waals surface area contributed by atoms with E-state index < -0.39 is 0 Å². The molecule has 0 spiro atoms. The molecule has 0 heterocycles. The molecule has 0 bridgehead atoms. The van der Waals surface area contributed by atoms with Gasteiger partial charge in [0.05, 0.1) is 11.6 Å². The predicted octanol–water partition coefficient (Wildman–Crippen LogP) is 5.95. The van der Waals surface area contributed by atoms with E-state index in [-0.39, 0.29) is 30.3 Å². The van der Waals surface area contributed by atoms with Crippen LogP contribution in [0, 0.1) is 23.1 Å². The molecular formula is C32H29FN2O2. The van der Waals surface area contributed by atoms with Crippen molar-refractivity contribution in [2.75, 3.05) is 6.61 Å². The maximum atomic E-state index is 13.6. The maximum Gasteiger partial charge on any atom is 0.251 e. The molecular weight excluding hydrogens is 463 g/mol. The molecule has 2 atom stereocenters. The van der Waals surface area contributed by atoms with Gasteiger partial charge in [-0.1, -0.05) is 66.7 Å². The third-order valence-electron chi connectivity index (χ3n) is 6.57. The molecule has 0 fully saturated rings. The van der Waals surface area contributed by atoms with Crippen molar-refractivity contribution < 1.29 is 14.3 Å². The van der Waals surface area contributed by atoms with E-state index in [4.69, 9.17) is 0 Å².